The summed E-state index contributed by atoms with van der Waals surface area (Å²) in [6.07, 6.45) is 0. The number of nitrogens with one attached hydrogen (secondary N) is 1. The lowest BCUT2D eigenvalue weighted by atomic mass is 10.0. The van der Waals surface area contributed by atoms with E-state index in [2.05, 4.69) is 5.32 Å². The Morgan fingerprint density at radius 2 is 2.19 bits per heavy atom. The van der Waals surface area contributed by atoms with Crippen LogP contribution in [0.15, 0.2) is 29.6 Å². The summed E-state index contributed by atoms with van der Waals surface area (Å²) in [4.78, 5) is 26.2. The standard InChI is InChI=1S/C15H14N2O3S/c1-17-7-10-5-9(3-4-12(10)16-15(17)19)14(18)13-6-11(20-2)8-21-13/h3-6,8H,7H2,1-2H3,(H,16,19). The van der Waals surface area contributed by atoms with E-state index in [-0.39, 0.29) is 11.8 Å². The third kappa shape index (κ3) is 2.50. The fourth-order valence-corrected chi connectivity index (χ4v) is 3.03. The van der Waals surface area contributed by atoms with Crippen LogP contribution in [0.4, 0.5) is 10.5 Å². The maximum atomic E-state index is 12.5. The van der Waals surface area contributed by atoms with Gasteiger partial charge >= 0.3 is 6.03 Å². The number of benzene rings is 1. The van der Waals surface area contributed by atoms with E-state index in [1.807, 2.05) is 6.07 Å². The number of hydrogen-bond acceptors (Lipinski definition) is 4. The molecule has 3 rings (SSSR count). The molecule has 0 bridgehead atoms. The number of carbonyl (C=O) groups excluding carboxylic acids is 2. The first kappa shape index (κ1) is 13.6. The Hall–Kier alpha value is -2.34. The van der Waals surface area contributed by atoms with Crippen molar-refractivity contribution >= 4 is 28.8 Å². The first-order valence-electron chi connectivity index (χ1n) is 6.41. The van der Waals surface area contributed by atoms with Crippen LogP contribution >= 0.6 is 11.3 Å². The zero-order chi connectivity index (χ0) is 15.0. The molecule has 1 aliphatic heterocycles. The quantitative estimate of drug-likeness (QED) is 0.887. The molecule has 2 aromatic rings. The second kappa shape index (κ2) is 5.21. The van der Waals surface area contributed by atoms with Crippen molar-refractivity contribution in [2.75, 3.05) is 19.5 Å². The average molecular weight is 302 g/mol. The number of methoxy groups -OCH3 is 1. The number of hydrogen-bond donors (Lipinski definition) is 1. The number of ether oxygens (including phenoxy) is 1. The molecule has 0 radical (unpaired) electrons. The number of anilines is 1. The maximum absolute atomic E-state index is 12.5. The highest BCUT2D eigenvalue weighted by atomic mass is 32.1. The van der Waals surface area contributed by atoms with Gasteiger partial charge in [0, 0.05) is 36.3 Å². The highest BCUT2D eigenvalue weighted by Gasteiger charge is 2.21. The van der Waals surface area contributed by atoms with Gasteiger partial charge in [-0.2, -0.15) is 0 Å². The fraction of sp³-hybridized carbons (Fsp3) is 0.200. The van der Waals surface area contributed by atoms with E-state index in [1.165, 1.54) is 11.3 Å². The Kier molecular flexibility index (Phi) is 3.39. The van der Waals surface area contributed by atoms with Crippen LogP contribution in [-0.2, 0) is 6.54 Å². The van der Waals surface area contributed by atoms with E-state index < -0.39 is 0 Å². The van der Waals surface area contributed by atoms with Crippen molar-refractivity contribution in [2.24, 2.45) is 0 Å². The van der Waals surface area contributed by atoms with Crippen LogP contribution in [-0.4, -0.2) is 30.9 Å². The Labute approximate surface area is 126 Å². The first-order valence-corrected chi connectivity index (χ1v) is 7.28. The lowest BCUT2D eigenvalue weighted by molar-refractivity contribution is 0.104. The van der Waals surface area contributed by atoms with E-state index in [9.17, 15) is 9.59 Å². The Bertz CT molecular complexity index is 723. The highest BCUT2D eigenvalue weighted by molar-refractivity contribution is 7.12. The molecule has 0 fully saturated rings. The van der Waals surface area contributed by atoms with E-state index in [0.717, 1.165) is 11.3 Å². The SMILES string of the molecule is COc1csc(C(=O)c2ccc3c(c2)CN(C)C(=O)N3)c1. The Balaban J connectivity index is 1.91. The third-order valence-electron chi connectivity index (χ3n) is 3.40. The van der Waals surface area contributed by atoms with Crippen molar-refractivity contribution in [3.63, 3.8) is 0 Å². The summed E-state index contributed by atoms with van der Waals surface area (Å²) in [7, 11) is 3.30. The molecule has 6 heteroatoms. The summed E-state index contributed by atoms with van der Waals surface area (Å²) in [6.45, 7) is 0.496. The lowest BCUT2D eigenvalue weighted by Crippen LogP contribution is -2.35. The minimum Gasteiger partial charge on any atom is -0.496 e. The van der Waals surface area contributed by atoms with E-state index in [0.29, 0.717) is 22.7 Å². The van der Waals surface area contributed by atoms with Crippen molar-refractivity contribution in [3.8, 4) is 5.75 Å². The van der Waals surface area contributed by atoms with Crippen LogP contribution in [0.2, 0.25) is 0 Å². The van der Waals surface area contributed by atoms with Gasteiger partial charge in [0.05, 0.1) is 12.0 Å². The van der Waals surface area contributed by atoms with Gasteiger partial charge in [-0.1, -0.05) is 0 Å². The van der Waals surface area contributed by atoms with Crippen LogP contribution in [0, 0.1) is 0 Å². The number of fused-ring (bicyclic) bond motifs is 1. The van der Waals surface area contributed by atoms with Gasteiger partial charge in [-0.25, -0.2) is 4.79 Å². The predicted octanol–water partition coefficient (Wildman–Crippen LogP) is 2.97. The number of carbonyl (C=O) groups is 2. The number of urea groups is 1. The molecule has 0 atom stereocenters. The van der Waals surface area contributed by atoms with Gasteiger partial charge in [0.2, 0.25) is 5.78 Å². The van der Waals surface area contributed by atoms with Gasteiger partial charge in [-0.15, -0.1) is 11.3 Å². The molecule has 0 saturated carbocycles. The zero-order valence-corrected chi connectivity index (χ0v) is 12.5. The number of rotatable bonds is 3. The van der Waals surface area contributed by atoms with E-state index in [4.69, 9.17) is 4.74 Å². The van der Waals surface area contributed by atoms with E-state index >= 15 is 0 Å². The molecule has 1 N–H and O–H groups in total. The van der Waals surface area contributed by atoms with Gasteiger partial charge < -0.3 is 15.0 Å². The summed E-state index contributed by atoms with van der Waals surface area (Å²) in [5.74, 6) is 0.652. The summed E-state index contributed by atoms with van der Waals surface area (Å²) in [5.41, 5.74) is 2.31. The largest absolute Gasteiger partial charge is 0.496 e. The topological polar surface area (TPSA) is 58.6 Å². The summed E-state index contributed by atoms with van der Waals surface area (Å²) < 4.78 is 5.10. The molecule has 108 valence electrons. The van der Waals surface area contributed by atoms with Crippen LogP contribution in [0.1, 0.15) is 20.8 Å². The Morgan fingerprint density at radius 3 is 2.90 bits per heavy atom. The van der Waals surface area contributed by atoms with Gasteiger partial charge in [0.15, 0.2) is 0 Å². The molecule has 1 aromatic heterocycles. The second-order valence-corrected chi connectivity index (χ2v) is 5.75. The third-order valence-corrected chi connectivity index (χ3v) is 4.31. The summed E-state index contributed by atoms with van der Waals surface area (Å²) >= 11 is 1.36. The van der Waals surface area contributed by atoms with Gasteiger partial charge in [0.25, 0.3) is 0 Å². The zero-order valence-electron chi connectivity index (χ0n) is 11.7. The van der Waals surface area contributed by atoms with Gasteiger partial charge in [-0.05, 0) is 23.8 Å². The average Bonchev–Trinajstić information content (AvgIpc) is 2.96. The van der Waals surface area contributed by atoms with Crippen LogP contribution < -0.4 is 10.1 Å². The normalized spacial score (nSPS) is 13.6. The number of amides is 2. The molecule has 5 nitrogen and oxygen atoms in total. The molecule has 2 heterocycles. The molecule has 0 saturated heterocycles. The summed E-state index contributed by atoms with van der Waals surface area (Å²) in [6, 6.07) is 6.95. The molecule has 1 aromatic carbocycles. The smallest absolute Gasteiger partial charge is 0.321 e. The van der Waals surface area contributed by atoms with Crippen LogP contribution in [0.3, 0.4) is 0 Å². The number of nitrogens with zero attached hydrogens (tertiary/aromatic N) is 1. The highest BCUT2D eigenvalue weighted by Crippen LogP contribution is 2.27. The number of ketones is 1. The first-order chi connectivity index (χ1) is 10.1. The van der Waals surface area contributed by atoms with Crippen molar-refractivity contribution in [3.05, 3.63) is 45.6 Å². The van der Waals surface area contributed by atoms with Crippen molar-refractivity contribution in [1.82, 2.24) is 4.90 Å². The van der Waals surface area contributed by atoms with Crippen molar-refractivity contribution in [1.29, 1.82) is 0 Å². The molecule has 0 aliphatic carbocycles. The van der Waals surface area contributed by atoms with Crippen molar-refractivity contribution < 1.29 is 14.3 Å². The predicted molar refractivity (Wildman–Crippen MR) is 81.2 cm³/mol. The van der Waals surface area contributed by atoms with Crippen molar-refractivity contribution in [2.45, 2.75) is 6.54 Å². The fourth-order valence-electron chi connectivity index (χ4n) is 2.21. The molecule has 2 amide bonds. The summed E-state index contributed by atoms with van der Waals surface area (Å²) in [5, 5.41) is 4.59. The molecular formula is C15H14N2O3S. The lowest BCUT2D eigenvalue weighted by Gasteiger charge is -2.26. The molecule has 21 heavy (non-hydrogen) atoms. The maximum Gasteiger partial charge on any atom is 0.321 e. The monoisotopic (exact) mass is 302 g/mol. The van der Waals surface area contributed by atoms with Crippen LogP contribution in [0.25, 0.3) is 0 Å². The second-order valence-electron chi connectivity index (χ2n) is 4.84. The molecule has 0 unspecified atom stereocenters. The van der Waals surface area contributed by atoms with E-state index in [1.54, 1.807) is 42.6 Å². The van der Waals surface area contributed by atoms with Gasteiger partial charge in [-0.3, -0.25) is 4.79 Å². The minimum atomic E-state index is -0.135. The minimum absolute atomic E-state index is 0.0364. The number of thiophene rings is 1. The molecule has 1 aliphatic rings. The van der Waals surface area contributed by atoms with Gasteiger partial charge in [0.1, 0.15) is 5.75 Å². The van der Waals surface area contributed by atoms with Crippen LogP contribution in [0.5, 0.6) is 5.75 Å². The molecule has 0 spiro atoms. The Morgan fingerprint density at radius 1 is 1.38 bits per heavy atom. The molecular weight excluding hydrogens is 288 g/mol.